The summed E-state index contributed by atoms with van der Waals surface area (Å²) in [6.07, 6.45) is 3.49. The van der Waals surface area contributed by atoms with Gasteiger partial charge in [-0.3, -0.25) is 19.4 Å². The van der Waals surface area contributed by atoms with Gasteiger partial charge in [0, 0.05) is 37.0 Å². The highest BCUT2D eigenvalue weighted by molar-refractivity contribution is 6.99. The molecule has 3 aliphatic rings. The smallest absolute Gasteiger partial charge is 0.261 e. The summed E-state index contributed by atoms with van der Waals surface area (Å²) in [5.74, 6) is -2.42. The van der Waals surface area contributed by atoms with Gasteiger partial charge < -0.3 is 19.7 Å². The second-order valence-electron chi connectivity index (χ2n) is 20.0. The number of hydrogen-bond donors (Lipinski definition) is 3. The van der Waals surface area contributed by atoms with E-state index in [1.54, 1.807) is 11.0 Å². The van der Waals surface area contributed by atoms with E-state index in [1.807, 2.05) is 66.7 Å². The molecule has 2 saturated heterocycles. The number of phenolic OH excluding ortho intramolecular Hbond substituents is 1. The van der Waals surface area contributed by atoms with Gasteiger partial charge in [0.1, 0.15) is 5.75 Å². The van der Waals surface area contributed by atoms with E-state index in [-0.39, 0.29) is 48.3 Å². The number of carbonyl (C=O) groups excluding carboxylic acids is 2. The second kappa shape index (κ2) is 20.3. The number of phenols is 1. The van der Waals surface area contributed by atoms with Gasteiger partial charge in [-0.05, 0) is 92.4 Å². The Morgan fingerprint density at radius 2 is 1.32 bits per heavy atom. The number of piperidine rings is 1. The van der Waals surface area contributed by atoms with E-state index in [4.69, 9.17) is 4.43 Å². The minimum Gasteiger partial charge on any atom is -0.507 e. The van der Waals surface area contributed by atoms with Crippen molar-refractivity contribution in [2.75, 3.05) is 26.3 Å². The summed E-state index contributed by atoms with van der Waals surface area (Å²) < 4.78 is 7.56. The Bertz CT molecular complexity index is 2730. The predicted molar refractivity (Wildman–Crippen MR) is 275 cm³/mol. The van der Waals surface area contributed by atoms with Gasteiger partial charge in [-0.25, -0.2) is 0 Å². The van der Waals surface area contributed by atoms with Crippen molar-refractivity contribution in [1.82, 2.24) is 9.80 Å². The number of imide groups is 1. The molecule has 9 rings (SSSR count). The van der Waals surface area contributed by atoms with E-state index in [0.717, 1.165) is 63.1 Å². The lowest BCUT2D eigenvalue weighted by atomic mass is 9.68. The van der Waals surface area contributed by atoms with Crippen molar-refractivity contribution in [3.8, 4) is 5.75 Å². The zero-order valence-electron chi connectivity index (χ0n) is 39.5. The van der Waals surface area contributed by atoms with Crippen molar-refractivity contribution in [3.05, 3.63) is 186 Å². The summed E-state index contributed by atoms with van der Waals surface area (Å²) in [7, 11) is -3.09. The highest BCUT2D eigenvalue weighted by atomic mass is 28.4. The molecule has 6 aromatic rings. The molecule has 0 saturated carbocycles. The molecule has 8 nitrogen and oxygen atoms in total. The van der Waals surface area contributed by atoms with Gasteiger partial charge in [0.15, 0.2) is 0 Å². The quantitative estimate of drug-likeness (QED) is 0.0408. The van der Waals surface area contributed by atoms with E-state index in [1.165, 1.54) is 5.56 Å². The first-order valence-corrected chi connectivity index (χ1v) is 26.2. The van der Waals surface area contributed by atoms with Gasteiger partial charge in [-0.2, -0.15) is 0 Å². The maximum Gasteiger partial charge on any atom is 0.261 e. The van der Waals surface area contributed by atoms with Crippen LogP contribution in [0.4, 0.5) is 0 Å². The normalized spacial score (nSPS) is 20.3. The van der Waals surface area contributed by atoms with Gasteiger partial charge >= 0.3 is 0 Å². The molecule has 0 aromatic heterocycles. The third-order valence-corrected chi connectivity index (χ3v) is 19.9. The van der Waals surface area contributed by atoms with Crippen molar-refractivity contribution < 1.29 is 29.3 Å². The summed E-state index contributed by atoms with van der Waals surface area (Å²) >= 11 is 0. The molecule has 2 heterocycles. The maximum atomic E-state index is 14.9. The predicted octanol–water partition coefficient (Wildman–Crippen LogP) is 9.38. The average Bonchev–Trinajstić information content (AvgIpc) is 3.61. The number of benzene rings is 6. The van der Waals surface area contributed by atoms with Crippen LogP contribution < -0.4 is 10.4 Å². The molecule has 350 valence electrons. The number of nitrogens with zero attached hydrogens (tertiary/aromatic N) is 2. The molecule has 3 N–H and O–H groups in total. The molecule has 2 aliphatic heterocycles. The molecule has 2 amide bonds. The fourth-order valence-electron chi connectivity index (χ4n) is 11.6. The zero-order valence-corrected chi connectivity index (χ0v) is 40.5. The number of fused-ring (bicyclic) bond motifs is 2. The molecule has 68 heavy (non-hydrogen) atoms. The number of likely N-dealkylation sites (tertiary alicyclic amines) is 2. The Morgan fingerprint density at radius 3 is 1.93 bits per heavy atom. The third-order valence-electron chi connectivity index (χ3n) is 14.9. The van der Waals surface area contributed by atoms with E-state index >= 15 is 0 Å². The second-order valence-corrected chi connectivity index (χ2v) is 24.3. The minimum absolute atomic E-state index is 0.139. The average molecular weight is 925 g/mol. The van der Waals surface area contributed by atoms with Crippen LogP contribution >= 0.6 is 0 Å². The lowest BCUT2D eigenvalue weighted by molar-refractivity contribution is -0.144. The van der Waals surface area contributed by atoms with Crippen molar-refractivity contribution >= 4 is 52.9 Å². The molecular formula is C59H64N2O6Si. The molecule has 0 spiro atoms. The highest BCUT2D eigenvalue weighted by Gasteiger charge is 2.57. The summed E-state index contributed by atoms with van der Waals surface area (Å²) in [6.45, 7) is 8.80. The summed E-state index contributed by atoms with van der Waals surface area (Å²) in [5.41, 5.74) is 5.60. The Kier molecular flexibility index (Phi) is 14.1. The Labute approximate surface area is 402 Å². The van der Waals surface area contributed by atoms with Crippen molar-refractivity contribution in [1.29, 1.82) is 0 Å². The van der Waals surface area contributed by atoms with Crippen LogP contribution in [-0.2, 0) is 20.6 Å². The van der Waals surface area contributed by atoms with Gasteiger partial charge in [-0.1, -0.05) is 179 Å². The van der Waals surface area contributed by atoms with Crippen LogP contribution in [0.25, 0.3) is 22.4 Å². The van der Waals surface area contributed by atoms with Gasteiger partial charge in [0.05, 0.1) is 31.2 Å². The first-order valence-electron chi connectivity index (χ1n) is 24.3. The third kappa shape index (κ3) is 9.30. The van der Waals surface area contributed by atoms with Crippen LogP contribution in [0, 0.1) is 17.8 Å². The van der Waals surface area contributed by atoms with E-state index in [2.05, 4.69) is 117 Å². The molecular weight excluding hydrogens is 861 g/mol. The molecule has 0 radical (unpaired) electrons. The van der Waals surface area contributed by atoms with E-state index in [0.29, 0.717) is 31.3 Å². The lowest BCUT2D eigenvalue weighted by Crippen LogP contribution is -2.66. The van der Waals surface area contributed by atoms with Crippen LogP contribution in [0.3, 0.4) is 0 Å². The topological polar surface area (TPSA) is 111 Å². The monoisotopic (exact) mass is 924 g/mol. The molecule has 2 fully saturated rings. The highest BCUT2D eigenvalue weighted by Crippen LogP contribution is 2.48. The van der Waals surface area contributed by atoms with Crippen molar-refractivity contribution in [3.63, 3.8) is 0 Å². The van der Waals surface area contributed by atoms with Crippen LogP contribution in [0.5, 0.6) is 5.75 Å². The first kappa shape index (κ1) is 47.1. The largest absolute Gasteiger partial charge is 0.507 e. The Hall–Kier alpha value is -5.94. The summed E-state index contributed by atoms with van der Waals surface area (Å²) in [4.78, 5) is 33.7. The molecule has 6 aromatic carbocycles. The SMILES string of the molecule is CC(C)(C)[Si](OCC1=C([C@H](O)CC/C(=C/c2ccc(O)c3ccccc23)c2ccccc2)[C@H](CO)[C@@H]2C(=O)N(C3CCN(Cc4ccccc4)CC3)C(=O)[C@@H]2C1)(c1ccccc1)c1ccccc1. The molecule has 0 bridgehead atoms. The number of aromatic hydroxyl groups is 1. The molecule has 9 heteroatoms. The number of aliphatic hydroxyl groups excluding tert-OH is 2. The standard InChI is InChI=1S/C59H64N2O6Si/c1-59(2,3)68(47-22-12-6-13-23-47,48-24-14-7-15-25-48)67-40-45-37-51-56(58(66)61(57(51)65)46-32-34-60(35-33-46)38-41-18-8-4-9-19-41)52(39-62)55(45)54(64)31-28-43(42-20-10-5-11-21-42)36-44-29-30-53(63)50-27-17-16-26-49(44)50/h4-27,29-30,36,46,51-52,54,56,62-64H,28,31-35,37-40H2,1-3H3/b43-36-/t51-,52+,54-,56-/m1/s1. The summed E-state index contributed by atoms with van der Waals surface area (Å²) in [5, 5.41) is 38.6. The Balaban J connectivity index is 1.08. The van der Waals surface area contributed by atoms with Crippen molar-refractivity contribution in [2.45, 2.75) is 76.6 Å². The van der Waals surface area contributed by atoms with Crippen molar-refractivity contribution in [2.24, 2.45) is 17.8 Å². The molecule has 0 unspecified atom stereocenters. The number of rotatable bonds is 15. The van der Waals surface area contributed by atoms with Gasteiger partial charge in [0.2, 0.25) is 11.8 Å². The lowest BCUT2D eigenvalue weighted by Gasteiger charge is -2.44. The number of carbonyl (C=O) groups is 2. The van der Waals surface area contributed by atoms with Crippen LogP contribution in [0.1, 0.15) is 69.6 Å². The minimum atomic E-state index is -3.09. The number of aliphatic hydroxyl groups is 2. The van der Waals surface area contributed by atoms with E-state index < -0.39 is 32.2 Å². The number of allylic oxidation sites excluding steroid dienone is 1. The fourth-order valence-corrected chi connectivity index (χ4v) is 16.2. The van der Waals surface area contributed by atoms with Gasteiger partial charge in [-0.15, -0.1) is 0 Å². The maximum absolute atomic E-state index is 14.9. The Morgan fingerprint density at radius 1 is 0.750 bits per heavy atom. The fraction of sp³-hybridized carbons (Fsp3) is 0.322. The molecule has 4 atom stereocenters. The van der Waals surface area contributed by atoms with Gasteiger partial charge in [0.25, 0.3) is 8.32 Å². The first-order chi connectivity index (χ1) is 33.0. The number of hydrogen-bond acceptors (Lipinski definition) is 7. The van der Waals surface area contributed by atoms with Crippen LogP contribution in [0.2, 0.25) is 5.04 Å². The van der Waals surface area contributed by atoms with Crippen LogP contribution in [0.15, 0.2) is 169 Å². The zero-order chi connectivity index (χ0) is 47.4. The molecule has 1 aliphatic carbocycles. The van der Waals surface area contributed by atoms with Crippen LogP contribution in [-0.4, -0.2) is 83.7 Å². The summed E-state index contributed by atoms with van der Waals surface area (Å²) in [6, 6.07) is 52.6. The number of amides is 2. The van der Waals surface area contributed by atoms with E-state index in [9.17, 15) is 24.9 Å².